The number of hydrogen-bond acceptors (Lipinski definition) is 2. The molecule has 0 bridgehead atoms. The maximum absolute atomic E-state index is 11.8. The van der Waals surface area contributed by atoms with E-state index in [2.05, 4.69) is 0 Å². The van der Waals surface area contributed by atoms with Crippen LogP contribution in [0.5, 0.6) is 0 Å². The molecule has 0 aromatic heterocycles. The molecule has 1 aromatic rings. The number of carbonyl (C=O) groups is 1. The van der Waals surface area contributed by atoms with Crippen molar-refractivity contribution >= 4 is 40.9 Å². The van der Waals surface area contributed by atoms with Crippen molar-refractivity contribution in [3.8, 4) is 0 Å². The second kappa shape index (κ2) is 8.72. The molecule has 0 heterocycles. The molecule has 1 aromatic carbocycles. The molecule has 0 aliphatic heterocycles. The highest BCUT2D eigenvalue weighted by Gasteiger charge is 2.08. The van der Waals surface area contributed by atoms with E-state index in [4.69, 9.17) is 23.2 Å². The Hall–Kier alpha value is -0.380. The summed E-state index contributed by atoms with van der Waals surface area (Å²) in [6.07, 6.45) is 0.591. The molecule has 0 N–H and O–H groups in total. The minimum atomic E-state index is 0.228. The first-order chi connectivity index (χ1) is 9.08. The maximum atomic E-state index is 11.8. The van der Waals surface area contributed by atoms with E-state index >= 15 is 0 Å². The lowest BCUT2D eigenvalue weighted by Gasteiger charge is -2.18. The lowest BCUT2D eigenvalue weighted by molar-refractivity contribution is -0.130. The van der Waals surface area contributed by atoms with Crippen LogP contribution in [0.2, 0.25) is 10.0 Å². The Morgan fingerprint density at radius 1 is 1.21 bits per heavy atom. The molecule has 0 unspecified atom stereocenters. The van der Waals surface area contributed by atoms with E-state index in [-0.39, 0.29) is 5.91 Å². The van der Waals surface area contributed by atoms with Crippen LogP contribution in [0.4, 0.5) is 0 Å². The highest BCUT2D eigenvalue weighted by molar-refractivity contribution is 7.98. The van der Waals surface area contributed by atoms with Gasteiger partial charge in [0.2, 0.25) is 5.91 Å². The second-order valence-electron chi connectivity index (χ2n) is 4.12. The van der Waals surface area contributed by atoms with E-state index in [0.717, 1.165) is 30.2 Å². The zero-order chi connectivity index (χ0) is 14.3. The lowest BCUT2D eigenvalue weighted by Crippen LogP contribution is -2.30. The minimum Gasteiger partial charge on any atom is -0.343 e. The van der Waals surface area contributed by atoms with Crippen molar-refractivity contribution in [3.63, 3.8) is 0 Å². The van der Waals surface area contributed by atoms with Crippen LogP contribution in [0.1, 0.15) is 25.8 Å². The summed E-state index contributed by atoms with van der Waals surface area (Å²) < 4.78 is 0. The Kier molecular flexibility index (Phi) is 7.66. The fourth-order valence-electron chi connectivity index (χ4n) is 1.71. The van der Waals surface area contributed by atoms with Gasteiger partial charge in [-0.1, -0.05) is 29.3 Å². The Balaban J connectivity index is 2.31. The van der Waals surface area contributed by atoms with Gasteiger partial charge in [-0.25, -0.2) is 0 Å². The summed E-state index contributed by atoms with van der Waals surface area (Å²) in [4.78, 5) is 13.7. The lowest BCUT2D eigenvalue weighted by atomic mass is 10.2. The molecular formula is C14H19Cl2NOS. The summed E-state index contributed by atoms with van der Waals surface area (Å²) in [7, 11) is 0. The molecule has 0 radical (unpaired) electrons. The SMILES string of the molecule is CCN(CC)C(=O)CCSCc1ccc(Cl)c(Cl)c1. The van der Waals surface area contributed by atoms with E-state index in [1.807, 2.05) is 30.9 Å². The summed E-state index contributed by atoms with van der Waals surface area (Å²) in [5.41, 5.74) is 1.13. The van der Waals surface area contributed by atoms with E-state index in [0.29, 0.717) is 16.5 Å². The van der Waals surface area contributed by atoms with Gasteiger partial charge in [-0.2, -0.15) is 11.8 Å². The number of halogens is 2. The molecule has 1 rings (SSSR count). The van der Waals surface area contributed by atoms with Gasteiger partial charge in [0, 0.05) is 31.0 Å². The van der Waals surface area contributed by atoms with Crippen molar-refractivity contribution < 1.29 is 4.79 Å². The monoisotopic (exact) mass is 319 g/mol. The molecule has 0 spiro atoms. The molecule has 0 aliphatic rings. The average Bonchev–Trinajstić information content (AvgIpc) is 2.40. The van der Waals surface area contributed by atoms with E-state index in [9.17, 15) is 4.79 Å². The van der Waals surface area contributed by atoms with Gasteiger partial charge in [0.05, 0.1) is 10.0 Å². The summed E-state index contributed by atoms with van der Waals surface area (Å²) in [5.74, 6) is 1.91. The zero-order valence-corrected chi connectivity index (χ0v) is 13.6. The van der Waals surface area contributed by atoms with E-state index in [1.54, 1.807) is 17.8 Å². The van der Waals surface area contributed by atoms with Crippen molar-refractivity contribution in [1.29, 1.82) is 0 Å². The molecule has 0 atom stereocenters. The van der Waals surface area contributed by atoms with Gasteiger partial charge in [0.1, 0.15) is 0 Å². The van der Waals surface area contributed by atoms with E-state index in [1.165, 1.54) is 0 Å². The molecule has 2 nitrogen and oxygen atoms in total. The van der Waals surface area contributed by atoms with Crippen molar-refractivity contribution in [3.05, 3.63) is 33.8 Å². The molecule has 0 saturated carbocycles. The van der Waals surface area contributed by atoms with Gasteiger partial charge in [0.15, 0.2) is 0 Å². The molecule has 1 amide bonds. The molecule has 0 saturated heterocycles. The summed E-state index contributed by atoms with van der Waals surface area (Å²) in [6, 6.07) is 5.65. The van der Waals surface area contributed by atoms with Crippen LogP contribution >= 0.6 is 35.0 Å². The fourth-order valence-corrected chi connectivity index (χ4v) is 2.91. The topological polar surface area (TPSA) is 20.3 Å². The third-order valence-electron chi connectivity index (χ3n) is 2.83. The van der Waals surface area contributed by atoms with E-state index < -0.39 is 0 Å². The summed E-state index contributed by atoms with van der Waals surface area (Å²) in [5, 5.41) is 1.16. The molecule has 106 valence electrons. The first-order valence-electron chi connectivity index (χ1n) is 6.37. The number of rotatable bonds is 7. The van der Waals surface area contributed by atoms with Crippen LogP contribution in [0.25, 0.3) is 0 Å². The third kappa shape index (κ3) is 5.64. The van der Waals surface area contributed by atoms with Gasteiger partial charge in [-0.3, -0.25) is 4.79 Å². The number of benzene rings is 1. The summed E-state index contributed by atoms with van der Waals surface area (Å²) >= 11 is 13.6. The summed E-state index contributed by atoms with van der Waals surface area (Å²) in [6.45, 7) is 5.58. The van der Waals surface area contributed by atoms with Gasteiger partial charge in [0.25, 0.3) is 0 Å². The number of nitrogens with zero attached hydrogens (tertiary/aromatic N) is 1. The quantitative estimate of drug-likeness (QED) is 0.690. The van der Waals surface area contributed by atoms with Crippen LogP contribution in [-0.4, -0.2) is 29.6 Å². The highest BCUT2D eigenvalue weighted by atomic mass is 35.5. The van der Waals surface area contributed by atoms with Crippen LogP contribution in [0.15, 0.2) is 18.2 Å². The predicted molar refractivity (Wildman–Crippen MR) is 85.2 cm³/mol. The van der Waals surface area contributed by atoms with Crippen molar-refractivity contribution in [2.45, 2.75) is 26.0 Å². The average molecular weight is 320 g/mol. The molecule has 19 heavy (non-hydrogen) atoms. The predicted octanol–water partition coefficient (Wildman–Crippen LogP) is 4.49. The van der Waals surface area contributed by atoms with Gasteiger partial charge < -0.3 is 4.90 Å². The van der Waals surface area contributed by atoms with Crippen LogP contribution in [-0.2, 0) is 10.5 Å². The normalized spacial score (nSPS) is 10.5. The minimum absolute atomic E-state index is 0.228. The highest BCUT2D eigenvalue weighted by Crippen LogP contribution is 2.24. The van der Waals surface area contributed by atoms with Crippen molar-refractivity contribution in [2.24, 2.45) is 0 Å². The number of hydrogen-bond donors (Lipinski definition) is 0. The first-order valence-corrected chi connectivity index (χ1v) is 8.29. The Morgan fingerprint density at radius 3 is 2.47 bits per heavy atom. The van der Waals surface area contributed by atoms with Crippen LogP contribution in [0.3, 0.4) is 0 Å². The number of carbonyl (C=O) groups excluding carboxylic acids is 1. The molecule has 0 aliphatic carbocycles. The van der Waals surface area contributed by atoms with Crippen LogP contribution in [0, 0.1) is 0 Å². The number of thioether (sulfide) groups is 1. The van der Waals surface area contributed by atoms with Gasteiger partial charge in [-0.05, 0) is 31.5 Å². The Bertz CT molecular complexity index is 422. The second-order valence-corrected chi connectivity index (χ2v) is 6.04. The molecule has 5 heteroatoms. The van der Waals surface area contributed by atoms with Crippen LogP contribution < -0.4 is 0 Å². The van der Waals surface area contributed by atoms with Gasteiger partial charge >= 0.3 is 0 Å². The largest absolute Gasteiger partial charge is 0.343 e. The maximum Gasteiger partial charge on any atom is 0.223 e. The molecular weight excluding hydrogens is 301 g/mol. The van der Waals surface area contributed by atoms with Crippen molar-refractivity contribution in [1.82, 2.24) is 4.90 Å². The smallest absolute Gasteiger partial charge is 0.223 e. The van der Waals surface area contributed by atoms with Gasteiger partial charge in [-0.15, -0.1) is 0 Å². The number of amides is 1. The first kappa shape index (κ1) is 16.7. The molecule has 0 fully saturated rings. The Morgan fingerprint density at radius 2 is 1.89 bits per heavy atom. The third-order valence-corrected chi connectivity index (χ3v) is 4.60. The fraction of sp³-hybridized carbons (Fsp3) is 0.500. The standard InChI is InChI=1S/C14H19Cl2NOS/c1-3-17(4-2)14(18)7-8-19-10-11-5-6-12(15)13(16)9-11/h5-6,9H,3-4,7-8,10H2,1-2H3. The Labute approximate surface area is 129 Å². The van der Waals surface area contributed by atoms with Crippen molar-refractivity contribution in [2.75, 3.05) is 18.8 Å². The zero-order valence-electron chi connectivity index (χ0n) is 11.3.